The topological polar surface area (TPSA) is 70.1 Å². The van der Waals surface area contributed by atoms with Crippen LogP contribution < -0.4 is 10.6 Å². The van der Waals surface area contributed by atoms with Gasteiger partial charge in [0, 0.05) is 19.0 Å². The molecule has 1 saturated carbocycles. The minimum Gasteiger partial charge on any atom is -0.394 e. The first-order valence-electron chi connectivity index (χ1n) is 8.11. The number of hydrogen-bond donors (Lipinski definition) is 3. The molecule has 5 nitrogen and oxygen atoms in total. The molecule has 1 aliphatic rings. The monoisotopic (exact) mass is 292 g/mol. The first kappa shape index (κ1) is 16.0. The van der Waals surface area contributed by atoms with Gasteiger partial charge in [-0.2, -0.15) is 0 Å². The average Bonchev–Trinajstić information content (AvgIpc) is 2.47. The number of nitrogens with one attached hydrogen (secondary N) is 2. The molecule has 2 atom stereocenters. The molecule has 2 rings (SSSR count). The normalized spacial score (nSPS) is 25.6. The molecule has 1 aromatic heterocycles. The molecule has 0 spiro atoms. The molecule has 1 fully saturated rings. The number of rotatable bonds is 6. The van der Waals surface area contributed by atoms with Gasteiger partial charge in [-0.05, 0) is 25.7 Å². The fraction of sp³-hybridized carbons (Fsp3) is 0.750. The number of nitrogens with zero attached hydrogens (tertiary/aromatic N) is 2. The van der Waals surface area contributed by atoms with Crippen molar-refractivity contribution in [2.45, 2.75) is 58.4 Å². The van der Waals surface area contributed by atoms with Crippen LogP contribution in [-0.4, -0.2) is 33.8 Å². The number of hydrogen-bond acceptors (Lipinski definition) is 5. The fourth-order valence-electron chi connectivity index (χ4n) is 3.22. The molecular formula is C16H28N4O. The van der Waals surface area contributed by atoms with Gasteiger partial charge in [-0.1, -0.05) is 26.7 Å². The third-order valence-electron chi connectivity index (χ3n) is 4.23. The Morgan fingerprint density at radius 2 is 2.10 bits per heavy atom. The lowest BCUT2D eigenvalue weighted by molar-refractivity contribution is 0.149. The molecule has 0 amide bonds. The maximum absolute atomic E-state index is 9.90. The molecule has 1 aromatic rings. The van der Waals surface area contributed by atoms with Crippen molar-refractivity contribution in [3.8, 4) is 0 Å². The zero-order chi connectivity index (χ0) is 15.3. The van der Waals surface area contributed by atoms with Gasteiger partial charge >= 0.3 is 0 Å². The van der Waals surface area contributed by atoms with Gasteiger partial charge < -0.3 is 15.7 Å². The van der Waals surface area contributed by atoms with Gasteiger partial charge in [0.05, 0.1) is 12.1 Å². The van der Waals surface area contributed by atoms with Crippen molar-refractivity contribution < 1.29 is 5.11 Å². The second kappa shape index (κ2) is 7.07. The minimum atomic E-state index is -0.236. The van der Waals surface area contributed by atoms with Crippen LogP contribution in [0.5, 0.6) is 0 Å². The molecule has 0 saturated heterocycles. The number of aromatic nitrogens is 2. The summed E-state index contributed by atoms with van der Waals surface area (Å²) in [5.74, 6) is 3.14. The van der Waals surface area contributed by atoms with Crippen molar-refractivity contribution in [2.24, 2.45) is 5.92 Å². The molecule has 21 heavy (non-hydrogen) atoms. The van der Waals surface area contributed by atoms with Crippen LogP contribution in [0.2, 0.25) is 0 Å². The van der Waals surface area contributed by atoms with E-state index in [1.165, 1.54) is 6.42 Å². The third kappa shape index (κ3) is 4.06. The summed E-state index contributed by atoms with van der Waals surface area (Å²) in [4.78, 5) is 9.05. The number of anilines is 2. The smallest absolute Gasteiger partial charge is 0.132 e. The van der Waals surface area contributed by atoms with Crippen molar-refractivity contribution in [1.82, 2.24) is 9.97 Å². The van der Waals surface area contributed by atoms with E-state index >= 15 is 0 Å². The second-order valence-corrected chi connectivity index (χ2v) is 6.20. The van der Waals surface area contributed by atoms with Crippen molar-refractivity contribution in [3.63, 3.8) is 0 Å². The molecular weight excluding hydrogens is 264 g/mol. The van der Waals surface area contributed by atoms with Crippen LogP contribution in [-0.2, 0) is 6.42 Å². The van der Waals surface area contributed by atoms with Crippen LogP contribution in [0.15, 0.2) is 6.07 Å². The lowest BCUT2D eigenvalue weighted by atomic mass is 9.77. The Labute approximate surface area is 127 Å². The summed E-state index contributed by atoms with van der Waals surface area (Å²) in [7, 11) is 0. The van der Waals surface area contributed by atoms with Gasteiger partial charge in [-0.3, -0.25) is 0 Å². The van der Waals surface area contributed by atoms with Crippen molar-refractivity contribution in [2.75, 3.05) is 23.8 Å². The highest BCUT2D eigenvalue weighted by molar-refractivity contribution is 5.49. The van der Waals surface area contributed by atoms with E-state index < -0.39 is 0 Å². The summed E-state index contributed by atoms with van der Waals surface area (Å²) in [6.07, 6.45) is 5.19. The average molecular weight is 292 g/mol. The van der Waals surface area contributed by atoms with E-state index in [4.69, 9.17) is 0 Å². The zero-order valence-corrected chi connectivity index (χ0v) is 13.4. The standard InChI is InChI=1S/C16H28N4O/c1-4-13-18-14(17-5-2)9-15(19-13)20-16(11-21)8-6-7-12(3)10-16/h9,12,21H,4-8,10-11H2,1-3H3,(H2,17,18,19,20). The first-order chi connectivity index (χ1) is 10.1. The predicted octanol–water partition coefficient (Wildman–Crippen LogP) is 2.82. The Kier molecular flexibility index (Phi) is 5.39. The Morgan fingerprint density at radius 1 is 1.33 bits per heavy atom. The maximum atomic E-state index is 9.90. The molecule has 5 heteroatoms. The fourth-order valence-corrected chi connectivity index (χ4v) is 3.22. The van der Waals surface area contributed by atoms with Gasteiger partial charge in [0.25, 0.3) is 0 Å². The van der Waals surface area contributed by atoms with E-state index in [9.17, 15) is 5.11 Å². The Hall–Kier alpha value is -1.36. The van der Waals surface area contributed by atoms with Gasteiger partial charge in [0.15, 0.2) is 0 Å². The van der Waals surface area contributed by atoms with Crippen LogP contribution in [0, 0.1) is 5.92 Å². The van der Waals surface area contributed by atoms with Gasteiger partial charge in [-0.15, -0.1) is 0 Å². The Bertz CT molecular complexity index is 466. The van der Waals surface area contributed by atoms with E-state index in [1.807, 2.05) is 6.07 Å². The van der Waals surface area contributed by atoms with Crippen LogP contribution in [0.25, 0.3) is 0 Å². The third-order valence-corrected chi connectivity index (χ3v) is 4.23. The van der Waals surface area contributed by atoms with Crippen molar-refractivity contribution in [1.29, 1.82) is 0 Å². The highest BCUT2D eigenvalue weighted by Crippen LogP contribution is 2.34. The number of aliphatic hydroxyl groups is 1. The minimum absolute atomic E-state index is 0.152. The summed E-state index contributed by atoms with van der Waals surface area (Å²) < 4.78 is 0. The number of aliphatic hydroxyl groups excluding tert-OH is 1. The molecule has 118 valence electrons. The summed E-state index contributed by atoms with van der Waals surface area (Å²) in [6, 6.07) is 1.94. The van der Waals surface area contributed by atoms with E-state index in [2.05, 4.69) is 41.4 Å². The second-order valence-electron chi connectivity index (χ2n) is 6.20. The summed E-state index contributed by atoms with van der Waals surface area (Å²) in [5, 5.41) is 16.7. The molecule has 0 aliphatic heterocycles. The Balaban J connectivity index is 2.21. The number of aryl methyl sites for hydroxylation is 1. The molecule has 1 aliphatic carbocycles. The maximum Gasteiger partial charge on any atom is 0.132 e. The van der Waals surface area contributed by atoms with E-state index in [0.29, 0.717) is 5.92 Å². The Morgan fingerprint density at radius 3 is 2.71 bits per heavy atom. The van der Waals surface area contributed by atoms with E-state index in [-0.39, 0.29) is 12.1 Å². The van der Waals surface area contributed by atoms with Gasteiger partial charge in [0.1, 0.15) is 17.5 Å². The predicted molar refractivity (Wildman–Crippen MR) is 86.6 cm³/mol. The quantitative estimate of drug-likeness (QED) is 0.752. The first-order valence-corrected chi connectivity index (χ1v) is 8.11. The highest BCUT2D eigenvalue weighted by atomic mass is 16.3. The molecule has 0 bridgehead atoms. The summed E-state index contributed by atoms with van der Waals surface area (Å²) >= 11 is 0. The highest BCUT2D eigenvalue weighted by Gasteiger charge is 2.34. The summed E-state index contributed by atoms with van der Waals surface area (Å²) in [5.41, 5.74) is -0.236. The zero-order valence-electron chi connectivity index (χ0n) is 13.4. The van der Waals surface area contributed by atoms with Crippen LogP contribution in [0.1, 0.15) is 52.3 Å². The molecule has 2 unspecified atom stereocenters. The van der Waals surface area contributed by atoms with Gasteiger partial charge in [-0.25, -0.2) is 9.97 Å². The summed E-state index contributed by atoms with van der Waals surface area (Å²) in [6.45, 7) is 7.35. The molecule has 0 radical (unpaired) electrons. The lowest BCUT2D eigenvalue weighted by Gasteiger charge is -2.39. The van der Waals surface area contributed by atoms with Crippen LogP contribution >= 0.6 is 0 Å². The molecule has 1 heterocycles. The van der Waals surface area contributed by atoms with Crippen molar-refractivity contribution in [3.05, 3.63) is 11.9 Å². The van der Waals surface area contributed by atoms with Crippen LogP contribution in [0.4, 0.5) is 11.6 Å². The van der Waals surface area contributed by atoms with Crippen LogP contribution in [0.3, 0.4) is 0 Å². The molecule has 0 aromatic carbocycles. The largest absolute Gasteiger partial charge is 0.394 e. The lowest BCUT2D eigenvalue weighted by Crippen LogP contribution is -2.46. The van der Waals surface area contributed by atoms with Crippen molar-refractivity contribution >= 4 is 11.6 Å². The van der Waals surface area contributed by atoms with E-state index in [1.54, 1.807) is 0 Å². The van der Waals surface area contributed by atoms with E-state index in [0.717, 1.165) is 49.7 Å². The molecule has 3 N–H and O–H groups in total. The SMILES string of the molecule is CCNc1cc(NC2(CO)CCCC(C)C2)nc(CC)n1. The van der Waals surface area contributed by atoms with Gasteiger partial charge in [0.2, 0.25) is 0 Å².